The van der Waals surface area contributed by atoms with Gasteiger partial charge in [0.1, 0.15) is 25.0 Å². The first-order chi connectivity index (χ1) is 31.6. The van der Waals surface area contributed by atoms with Crippen molar-refractivity contribution in [1.82, 2.24) is 9.55 Å². The first-order valence-corrected chi connectivity index (χ1v) is 25.3. The van der Waals surface area contributed by atoms with E-state index in [2.05, 4.69) is 63.5 Å². The topological polar surface area (TPSA) is 229 Å². The van der Waals surface area contributed by atoms with E-state index in [0.29, 0.717) is 47.7 Å². The maximum atomic E-state index is 13.8. The van der Waals surface area contributed by atoms with Crippen molar-refractivity contribution in [2.75, 3.05) is 13.2 Å². The monoisotopic (exact) mass is 950 g/mol. The van der Waals surface area contributed by atoms with Gasteiger partial charge in [0.2, 0.25) is 0 Å². The van der Waals surface area contributed by atoms with Crippen molar-refractivity contribution in [2.45, 2.75) is 191 Å². The van der Waals surface area contributed by atoms with Crippen LogP contribution in [0.1, 0.15) is 171 Å². The Hall–Kier alpha value is -4.17. The molecular formula is C52H79N5O11. The number of ether oxygens (including phenoxy) is 4. The van der Waals surface area contributed by atoms with Gasteiger partial charge in [0, 0.05) is 33.9 Å². The highest BCUT2D eigenvalue weighted by atomic mass is 16.6. The zero-order valence-electron chi connectivity index (χ0n) is 42.8. The number of rotatable bonds is 14. The summed E-state index contributed by atoms with van der Waals surface area (Å²) in [4.78, 5) is 82.1. The van der Waals surface area contributed by atoms with Crippen molar-refractivity contribution >= 4 is 23.9 Å². The van der Waals surface area contributed by atoms with Crippen LogP contribution in [0.25, 0.3) is 10.4 Å². The molecule has 2 heterocycles. The first-order valence-electron chi connectivity index (χ1n) is 25.3. The van der Waals surface area contributed by atoms with Crippen LogP contribution in [0.3, 0.4) is 0 Å². The van der Waals surface area contributed by atoms with Crippen molar-refractivity contribution in [2.24, 2.45) is 78.5 Å². The molecule has 1 aromatic heterocycles. The molecule has 2 N–H and O–H groups in total. The van der Waals surface area contributed by atoms with Crippen LogP contribution in [0.15, 0.2) is 20.9 Å². The smallest absolute Gasteiger partial charge is 0.330 e. The molecule has 0 spiro atoms. The second-order valence-corrected chi connectivity index (χ2v) is 25.1. The molecule has 16 nitrogen and oxygen atoms in total. The summed E-state index contributed by atoms with van der Waals surface area (Å²) >= 11 is 0. The summed E-state index contributed by atoms with van der Waals surface area (Å²) in [5.41, 5.74) is 5.76. The predicted molar refractivity (Wildman–Crippen MR) is 253 cm³/mol. The number of carboxylic acid groups (broad SMARTS) is 1. The van der Waals surface area contributed by atoms with E-state index < -0.39 is 64.3 Å². The van der Waals surface area contributed by atoms with Gasteiger partial charge in [-0.05, 0) is 156 Å². The van der Waals surface area contributed by atoms with Gasteiger partial charge < -0.3 is 24.1 Å². The van der Waals surface area contributed by atoms with Gasteiger partial charge in [-0.2, -0.15) is 0 Å². The van der Waals surface area contributed by atoms with Crippen molar-refractivity contribution in [1.29, 1.82) is 0 Å². The fourth-order valence-corrected chi connectivity index (χ4v) is 15.7. The standard InChI is InChI=1S/C52H79N5O11/c1-29(2)31-15-20-52(28-66-39(58)24-47(6,7)44(63)65-27-34-33(55-56-53)23-38(67-34)57-26-30(3)42(60)54-45(57)64)22-21-50(11)32(41(31)52)13-14-36-49(10)18-17-37(68-40(59)25-46(4,5)43(61)62)48(8,9)35(49)16-19-51(36,50)12/h26,29,31-38,41H,13-25,27-28H2,1-12H3,(H,61,62)(H,54,60,64)/t31-,32+,33-,34+,35-,36+,37-,38+,41+,49-,50+,51+,52+/m0/s1. The van der Waals surface area contributed by atoms with Crippen LogP contribution in [-0.2, 0) is 38.1 Å². The van der Waals surface area contributed by atoms with E-state index in [0.717, 1.165) is 64.2 Å². The van der Waals surface area contributed by atoms with Crippen LogP contribution in [0.4, 0.5) is 0 Å². The average Bonchev–Trinajstić information content (AvgIpc) is 3.83. The molecule has 7 rings (SSSR count). The molecule has 6 fully saturated rings. The van der Waals surface area contributed by atoms with E-state index in [-0.39, 0.29) is 59.0 Å². The number of aromatic nitrogens is 2. The molecule has 5 saturated carbocycles. The summed E-state index contributed by atoms with van der Waals surface area (Å²) in [6.07, 6.45) is 9.47. The Morgan fingerprint density at radius 3 is 2.25 bits per heavy atom. The third-order valence-electron chi connectivity index (χ3n) is 19.8. The van der Waals surface area contributed by atoms with Gasteiger partial charge in [-0.25, -0.2) is 4.79 Å². The lowest BCUT2D eigenvalue weighted by Gasteiger charge is -2.73. The fraction of sp³-hybridized carbons (Fsp3) is 0.846. The molecule has 0 radical (unpaired) electrons. The summed E-state index contributed by atoms with van der Waals surface area (Å²) in [6, 6.07) is -0.746. The zero-order chi connectivity index (χ0) is 50.2. The third kappa shape index (κ3) is 8.85. The average molecular weight is 950 g/mol. The van der Waals surface area contributed by atoms with Crippen LogP contribution in [-0.4, -0.2) is 70.0 Å². The van der Waals surface area contributed by atoms with Crippen LogP contribution >= 0.6 is 0 Å². The molecular weight excluding hydrogens is 871 g/mol. The van der Waals surface area contributed by atoms with E-state index in [1.807, 2.05) is 0 Å². The number of carbonyl (C=O) groups excluding carboxylic acids is 3. The predicted octanol–water partition coefficient (Wildman–Crippen LogP) is 9.46. The van der Waals surface area contributed by atoms with Crippen molar-refractivity contribution in [3.8, 4) is 0 Å². The van der Waals surface area contributed by atoms with E-state index >= 15 is 0 Å². The lowest BCUT2D eigenvalue weighted by molar-refractivity contribution is -0.253. The minimum Gasteiger partial charge on any atom is -0.481 e. The summed E-state index contributed by atoms with van der Waals surface area (Å²) in [5.74, 6) is 0.185. The Morgan fingerprint density at radius 2 is 1.59 bits per heavy atom. The molecule has 6 aliphatic rings. The molecule has 0 unspecified atom stereocenters. The lowest BCUT2D eigenvalue weighted by Crippen LogP contribution is -2.67. The van der Waals surface area contributed by atoms with Crippen molar-refractivity contribution in [3.63, 3.8) is 0 Å². The molecule has 378 valence electrons. The maximum Gasteiger partial charge on any atom is 0.330 e. The summed E-state index contributed by atoms with van der Waals surface area (Å²) < 4.78 is 25.5. The van der Waals surface area contributed by atoms with Gasteiger partial charge in [0.15, 0.2) is 0 Å². The van der Waals surface area contributed by atoms with Gasteiger partial charge in [-0.3, -0.25) is 33.5 Å². The van der Waals surface area contributed by atoms with Gasteiger partial charge in [-0.15, -0.1) is 0 Å². The van der Waals surface area contributed by atoms with Crippen molar-refractivity contribution < 1.29 is 43.2 Å². The maximum absolute atomic E-state index is 13.8. The summed E-state index contributed by atoms with van der Waals surface area (Å²) in [6.45, 7) is 25.0. The molecule has 16 heteroatoms. The SMILES string of the molecule is Cc1cn([C@H]2C[C@H](N=[N+]=[N-])[C@@H](COC(=O)C(C)(C)CC(=O)OC[C@]34CC[C@@H](C(C)C)[C@@H]3[C@H]3CC[C@@H]5[C@@]6(C)CC[C@H](OC(=O)CC(C)(C)C(=O)O)C(C)(C)[C@@H]6CC[C@@]5(C)[C@]3(C)CC4)O2)c(=O)[nH]c1=O. The molecule has 1 aliphatic heterocycles. The molecule has 5 aliphatic carbocycles. The Kier molecular flexibility index (Phi) is 13.8. The lowest BCUT2D eigenvalue weighted by atomic mass is 9.32. The summed E-state index contributed by atoms with van der Waals surface area (Å²) in [5, 5.41) is 13.5. The number of aryl methyl sites for hydroxylation is 1. The number of nitrogens with zero attached hydrogens (tertiary/aromatic N) is 4. The van der Waals surface area contributed by atoms with Crippen LogP contribution in [0, 0.1) is 80.3 Å². The Morgan fingerprint density at radius 1 is 0.897 bits per heavy atom. The number of fused-ring (bicyclic) bond motifs is 7. The van der Waals surface area contributed by atoms with E-state index in [9.17, 15) is 39.4 Å². The number of azide groups is 1. The number of hydrogen-bond donors (Lipinski definition) is 2. The Bertz CT molecular complexity index is 2310. The van der Waals surface area contributed by atoms with Crippen molar-refractivity contribution in [3.05, 3.63) is 43.0 Å². The number of carbonyl (C=O) groups is 4. The fourth-order valence-electron chi connectivity index (χ4n) is 15.7. The first kappa shape index (κ1) is 51.7. The molecule has 0 aromatic carbocycles. The summed E-state index contributed by atoms with van der Waals surface area (Å²) in [7, 11) is 0. The molecule has 0 bridgehead atoms. The number of hydrogen-bond acceptors (Lipinski definition) is 11. The van der Waals surface area contributed by atoms with Gasteiger partial charge in [0.05, 0.1) is 36.3 Å². The number of H-pyrrole nitrogens is 1. The second kappa shape index (κ2) is 18.2. The number of aromatic amines is 1. The molecule has 0 amide bonds. The Balaban J connectivity index is 1.01. The highest BCUT2D eigenvalue weighted by Gasteiger charge is 2.71. The zero-order valence-corrected chi connectivity index (χ0v) is 42.8. The highest BCUT2D eigenvalue weighted by Crippen LogP contribution is 2.77. The normalized spacial score (nSPS) is 37.4. The molecule has 1 aromatic rings. The largest absolute Gasteiger partial charge is 0.481 e. The van der Waals surface area contributed by atoms with E-state index in [1.165, 1.54) is 10.8 Å². The van der Waals surface area contributed by atoms with E-state index in [1.54, 1.807) is 34.6 Å². The minimum atomic E-state index is -1.23. The van der Waals surface area contributed by atoms with E-state index in [4.69, 9.17) is 18.9 Å². The minimum absolute atomic E-state index is 0.0580. The second-order valence-electron chi connectivity index (χ2n) is 25.1. The highest BCUT2D eigenvalue weighted by molar-refractivity contribution is 5.83. The van der Waals surface area contributed by atoms with Crippen LogP contribution in [0.2, 0.25) is 0 Å². The number of aliphatic carboxylic acids is 1. The number of carboxylic acids is 1. The van der Waals surface area contributed by atoms with Gasteiger partial charge in [0.25, 0.3) is 5.56 Å². The third-order valence-corrected chi connectivity index (χ3v) is 19.8. The Labute approximate surface area is 401 Å². The molecule has 1 saturated heterocycles. The number of esters is 3. The van der Waals surface area contributed by atoms with Gasteiger partial charge >= 0.3 is 29.6 Å². The van der Waals surface area contributed by atoms with Crippen LogP contribution in [0.5, 0.6) is 0 Å². The molecule has 68 heavy (non-hydrogen) atoms. The molecule has 13 atom stereocenters. The van der Waals surface area contributed by atoms with Crippen LogP contribution < -0.4 is 11.2 Å². The van der Waals surface area contributed by atoms with Gasteiger partial charge in [-0.1, -0.05) is 53.6 Å². The quantitative estimate of drug-likeness (QED) is 0.0586. The number of nitrogens with one attached hydrogen (secondary N) is 1.